The molecule has 1 aromatic carbocycles. The first kappa shape index (κ1) is 12.7. The monoisotopic (exact) mass is 269 g/mol. The van der Waals surface area contributed by atoms with Crippen LogP contribution in [0.5, 0.6) is 0 Å². The van der Waals surface area contributed by atoms with Crippen molar-refractivity contribution in [3.63, 3.8) is 0 Å². The Morgan fingerprint density at radius 3 is 2.95 bits per heavy atom. The Morgan fingerprint density at radius 2 is 2.20 bits per heavy atom. The molecule has 5 nitrogen and oxygen atoms in total. The topological polar surface area (TPSA) is 45.5 Å². The molecule has 20 heavy (non-hydrogen) atoms. The van der Waals surface area contributed by atoms with Crippen LogP contribution in [0.3, 0.4) is 0 Å². The Morgan fingerprint density at radius 1 is 1.35 bits per heavy atom. The molecule has 0 saturated heterocycles. The third-order valence-electron chi connectivity index (χ3n) is 3.70. The molecule has 0 unspecified atom stereocenters. The van der Waals surface area contributed by atoms with Crippen LogP contribution in [0.15, 0.2) is 41.5 Å². The number of guanidine groups is 1. The van der Waals surface area contributed by atoms with Crippen molar-refractivity contribution in [1.29, 1.82) is 0 Å². The molecule has 0 amide bonds. The summed E-state index contributed by atoms with van der Waals surface area (Å²) >= 11 is 0. The van der Waals surface area contributed by atoms with Crippen LogP contribution in [0.4, 0.5) is 5.69 Å². The van der Waals surface area contributed by atoms with Gasteiger partial charge in [0.05, 0.1) is 12.2 Å². The van der Waals surface area contributed by atoms with E-state index in [0.717, 1.165) is 31.2 Å². The molecule has 3 rings (SSSR count). The van der Waals surface area contributed by atoms with E-state index in [9.17, 15) is 0 Å². The molecule has 0 fully saturated rings. The average molecular weight is 269 g/mol. The van der Waals surface area contributed by atoms with Crippen LogP contribution in [0.1, 0.15) is 11.3 Å². The van der Waals surface area contributed by atoms with Crippen LogP contribution in [-0.4, -0.2) is 29.3 Å². The number of benzene rings is 1. The van der Waals surface area contributed by atoms with Gasteiger partial charge in [0.2, 0.25) is 0 Å². The number of nitrogens with one attached hydrogen (secondary N) is 1. The highest BCUT2D eigenvalue weighted by Gasteiger charge is 2.22. The minimum absolute atomic E-state index is 0.724. The summed E-state index contributed by atoms with van der Waals surface area (Å²) < 4.78 is 1.87. The SMILES string of the molecule is CN=C(NCc1ccnn1C)N1CCc2ccccc21. The molecule has 0 aliphatic carbocycles. The van der Waals surface area contributed by atoms with Gasteiger partial charge in [0, 0.05) is 32.5 Å². The molecule has 1 aliphatic heterocycles. The van der Waals surface area contributed by atoms with Gasteiger partial charge in [0.25, 0.3) is 0 Å². The third-order valence-corrected chi connectivity index (χ3v) is 3.70. The van der Waals surface area contributed by atoms with E-state index in [4.69, 9.17) is 0 Å². The maximum absolute atomic E-state index is 4.40. The van der Waals surface area contributed by atoms with Crippen LogP contribution in [0, 0.1) is 0 Å². The number of hydrogen-bond acceptors (Lipinski definition) is 2. The highest BCUT2D eigenvalue weighted by atomic mass is 15.3. The number of aryl methyl sites for hydroxylation is 1. The minimum atomic E-state index is 0.724. The van der Waals surface area contributed by atoms with Crippen LogP contribution in [0.2, 0.25) is 0 Å². The first-order valence-electron chi connectivity index (χ1n) is 6.82. The molecule has 0 atom stereocenters. The Bertz CT molecular complexity index is 629. The highest BCUT2D eigenvalue weighted by Crippen LogP contribution is 2.27. The van der Waals surface area contributed by atoms with Crippen molar-refractivity contribution in [1.82, 2.24) is 15.1 Å². The molecule has 5 heteroatoms. The van der Waals surface area contributed by atoms with Gasteiger partial charge in [-0.15, -0.1) is 0 Å². The highest BCUT2D eigenvalue weighted by molar-refractivity contribution is 5.97. The molecule has 0 bridgehead atoms. The quantitative estimate of drug-likeness (QED) is 0.665. The van der Waals surface area contributed by atoms with E-state index in [-0.39, 0.29) is 0 Å². The fourth-order valence-corrected chi connectivity index (χ4v) is 2.60. The van der Waals surface area contributed by atoms with Crippen molar-refractivity contribution < 1.29 is 0 Å². The van der Waals surface area contributed by atoms with Gasteiger partial charge < -0.3 is 10.2 Å². The van der Waals surface area contributed by atoms with Crippen molar-refractivity contribution in [2.45, 2.75) is 13.0 Å². The number of aliphatic imine (C=N–C) groups is 1. The molecule has 0 radical (unpaired) electrons. The first-order chi connectivity index (χ1) is 9.79. The maximum Gasteiger partial charge on any atom is 0.198 e. The van der Waals surface area contributed by atoms with Crippen LogP contribution in [0.25, 0.3) is 0 Å². The predicted octanol–water partition coefficient (Wildman–Crippen LogP) is 1.56. The van der Waals surface area contributed by atoms with Crippen molar-refractivity contribution in [3.05, 3.63) is 47.8 Å². The molecule has 0 spiro atoms. The summed E-state index contributed by atoms with van der Waals surface area (Å²) in [4.78, 5) is 6.64. The summed E-state index contributed by atoms with van der Waals surface area (Å²) in [6, 6.07) is 10.5. The number of hydrogen-bond donors (Lipinski definition) is 1. The number of aromatic nitrogens is 2. The minimum Gasteiger partial charge on any atom is -0.350 e. The zero-order chi connectivity index (χ0) is 13.9. The fourth-order valence-electron chi connectivity index (χ4n) is 2.60. The van der Waals surface area contributed by atoms with Gasteiger partial charge in [-0.25, -0.2) is 0 Å². The lowest BCUT2D eigenvalue weighted by Crippen LogP contribution is -2.40. The van der Waals surface area contributed by atoms with Crippen LogP contribution >= 0.6 is 0 Å². The molecule has 2 aromatic rings. The van der Waals surface area contributed by atoms with E-state index in [2.05, 4.69) is 44.6 Å². The predicted molar refractivity (Wildman–Crippen MR) is 80.9 cm³/mol. The van der Waals surface area contributed by atoms with Crippen molar-refractivity contribution in [2.75, 3.05) is 18.5 Å². The molecule has 2 heterocycles. The lowest BCUT2D eigenvalue weighted by Gasteiger charge is -2.22. The van der Waals surface area contributed by atoms with Gasteiger partial charge in [-0.05, 0) is 24.1 Å². The van der Waals surface area contributed by atoms with Gasteiger partial charge in [0.1, 0.15) is 0 Å². The summed E-state index contributed by atoms with van der Waals surface area (Å²) in [6.07, 6.45) is 2.88. The summed E-state index contributed by atoms with van der Waals surface area (Å²) in [7, 11) is 3.78. The second kappa shape index (κ2) is 5.36. The maximum atomic E-state index is 4.40. The van der Waals surface area contributed by atoms with Gasteiger partial charge in [-0.3, -0.25) is 9.67 Å². The largest absolute Gasteiger partial charge is 0.350 e. The standard InChI is InChI=1S/C15H19N5/c1-16-15(17-11-13-7-9-18-19(13)2)20-10-8-12-5-3-4-6-14(12)20/h3-7,9H,8,10-11H2,1-2H3,(H,16,17). The number of fused-ring (bicyclic) bond motifs is 1. The van der Waals surface area contributed by atoms with Crippen LogP contribution in [-0.2, 0) is 20.0 Å². The zero-order valence-corrected chi connectivity index (χ0v) is 11.9. The smallest absolute Gasteiger partial charge is 0.198 e. The normalized spacial score (nSPS) is 14.5. The van der Waals surface area contributed by atoms with E-state index in [0.29, 0.717) is 0 Å². The van der Waals surface area contributed by atoms with E-state index >= 15 is 0 Å². The van der Waals surface area contributed by atoms with E-state index < -0.39 is 0 Å². The van der Waals surface area contributed by atoms with Crippen LogP contribution < -0.4 is 10.2 Å². The second-order valence-electron chi connectivity index (χ2n) is 4.88. The zero-order valence-electron chi connectivity index (χ0n) is 11.9. The number of anilines is 1. The lowest BCUT2D eigenvalue weighted by atomic mass is 10.2. The first-order valence-corrected chi connectivity index (χ1v) is 6.82. The molecule has 1 N–H and O–H groups in total. The van der Waals surface area contributed by atoms with E-state index in [1.165, 1.54) is 11.3 Å². The van der Waals surface area contributed by atoms with E-state index in [1.54, 1.807) is 0 Å². The molecular weight excluding hydrogens is 250 g/mol. The average Bonchev–Trinajstić information content (AvgIpc) is 3.07. The van der Waals surface area contributed by atoms with E-state index in [1.807, 2.05) is 31.0 Å². The van der Waals surface area contributed by atoms with Gasteiger partial charge in [-0.2, -0.15) is 5.10 Å². The van der Waals surface area contributed by atoms with Gasteiger partial charge in [0.15, 0.2) is 5.96 Å². The Hall–Kier alpha value is -2.30. The van der Waals surface area contributed by atoms with Gasteiger partial charge >= 0.3 is 0 Å². The van der Waals surface area contributed by atoms with Crippen molar-refractivity contribution in [3.8, 4) is 0 Å². The molecular formula is C15H19N5. The number of rotatable bonds is 2. The summed E-state index contributed by atoms with van der Waals surface area (Å²) in [5.74, 6) is 0.913. The fraction of sp³-hybridized carbons (Fsp3) is 0.333. The number of para-hydroxylation sites is 1. The molecule has 0 saturated carbocycles. The Balaban J connectivity index is 1.74. The van der Waals surface area contributed by atoms with Gasteiger partial charge in [-0.1, -0.05) is 18.2 Å². The molecule has 1 aromatic heterocycles. The van der Waals surface area contributed by atoms with Crippen molar-refractivity contribution >= 4 is 11.6 Å². The summed E-state index contributed by atoms with van der Waals surface area (Å²) in [6.45, 7) is 1.70. The third kappa shape index (κ3) is 2.27. The number of nitrogens with zero attached hydrogens (tertiary/aromatic N) is 4. The molecule has 104 valence electrons. The molecule has 1 aliphatic rings. The Kier molecular flexibility index (Phi) is 3.41. The summed E-state index contributed by atoms with van der Waals surface area (Å²) in [5, 5.41) is 7.59. The van der Waals surface area contributed by atoms with Crippen molar-refractivity contribution in [2.24, 2.45) is 12.0 Å². The lowest BCUT2D eigenvalue weighted by molar-refractivity contribution is 0.690. The summed E-state index contributed by atoms with van der Waals surface area (Å²) in [5.41, 5.74) is 3.78. The Labute approximate surface area is 118 Å². The second-order valence-corrected chi connectivity index (χ2v) is 4.88.